The Morgan fingerprint density at radius 3 is 2.50 bits per heavy atom. The molecule has 1 aromatic heterocycles. The van der Waals surface area contributed by atoms with Gasteiger partial charge in [-0.05, 0) is 44.4 Å². The van der Waals surface area contributed by atoms with Crippen molar-refractivity contribution in [1.82, 2.24) is 14.8 Å². The number of nitrogens with zero attached hydrogens (tertiary/aromatic N) is 4. The minimum Gasteiger partial charge on any atom is -0.446 e. The fraction of sp³-hybridized carbons (Fsp3) is 0.462. The summed E-state index contributed by atoms with van der Waals surface area (Å²) in [5, 5.41) is 0. The standard InChI is InChI=1S/C26H31FN4O3/c1-18-15-30(25-28-23-9-8-21(27)14-24(23)34-25)16-19(2)31(18)26(32)33-22-10-12-29(13-11-22)17-20-6-4-3-5-7-20/h3-9,14,18-19,22H,10-13,15-17H2,1-2H3/t18-,19+. The summed E-state index contributed by atoms with van der Waals surface area (Å²) in [6.45, 7) is 7.94. The maximum absolute atomic E-state index is 13.5. The Hall–Kier alpha value is -3.13. The second-order valence-electron chi connectivity index (χ2n) is 9.46. The van der Waals surface area contributed by atoms with Crippen molar-refractivity contribution in [3.8, 4) is 0 Å². The number of benzene rings is 2. The molecule has 180 valence electrons. The van der Waals surface area contributed by atoms with Gasteiger partial charge in [-0.15, -0.1) is 0 Å². The van der Waals surface area contributed by atoms with Crippen LogP contribution in [-0.4, -0.2) is 65.2 Å². The quantitative estimate of drug-likeness (QED) is 0.557. The molecule has 2 saturated heterocycles. The van der Waals surface area contributed by atoms with Crippen LogP contribution in [0.5, 0.6) is 0 Å². The third-order valence-electron chi connectivity index (χ3n) is 6.79. The molecule has 2 aliphatic heterocycles. The maximum atomic E-state index is 13.5. The van der Waals surface area contributed by atoms with Crippen molar-refractivity contribution in [2.24, 2.45) is 0 Å². The minimum absolute atomic E-state index is 0.0520. The summed E-state index contributed by atoms with van der Waals surface area (Å²) >= 11 is 0. The van der Waals surface area contributed by atoms with Gasteiger partial charge in [0.05, 0.1) is 12.1 Å². The molecule has 5 rings (SSSR count). The number of piperazine rings is 1. The molecule has 0 radical (unpaired) electrons. The van der Waals surface area contributed by atoms with E-state index in [1.54, 1.807) is 6.07 Å². The molecular formula is C26H31FN4O3. The fourth-order valence-corrected chi connectivity index (χ4v) is 5.09. The maximum Gasteiger partial charge on any atom is 0.410 e. The summed E-state index contributed by atoms with van der Waals surface area (Å²) in [5.74, 6) is -0.351. The number of fused-ring (bicyclic) bond motifs is 1. The van der Waals surface area contributed by atoms with E-state index in [-0.39, 0.29) is 30.1 Å². The first-order chi connectivity index (χ1) is 16.5. The number of carbonyl (C=O) groups is 1. The average molecular weight is 467 g/mol. The second kappa shape index (κ2) is 9.62. The number of piperidine rings is 1. The molecule has 3 heterocycles. The Bertz CT molecular complexity index is 1120. The highest BCUT2D eigenvalue weighted by Crippen LogP contribution is 2.27. The monoisotopic (exact) mass is 466 g/mol. The first-order valence-corrected chi connectivity index (χ1v) is 12.0. The first kappa shape index (κ1) is 22.7. The summed E-state index contributed by atoms with van der Waals surface area (Å²) in [6, 6.07) is 15.1. The van der Waals surface area contributed by atoms with Gasteiger partial charge < -0.3 is 14.1 Å². The first-order valence-electron chi connectivity index (χ1n) is 12.0. The molecule has 2 atom stereocenters. The lowest BCUT2D eigenvalue weighted by atomic mass is 10.1. The molecule has 0 unspecified atom stereocenters. The zero-order valence-corrected chi connectivity index (χ0v) is 19.7. The number of ether oxygens (including phenoxy) is 1. The topological polar surface area (TPSA) is 62.1 Å². The summed E-state index contributed by atoms with van der Waals surface area (Å²) < 4.78 is 25.2. The van der Waals surface area contributed by atoms with Crippen molar-refractivity contribution in [2.45, 2.75) is 51.4 Å². The van der Waals surface area contributed by atoms with E-state index in [2.05, 4.69) is 34.1 Å². The van der Waals surface area contributed by atoms with E-state index in [9.17, 15) is 9.18 Å². The molecule has 2 aliphatic rings. The highest BCUT2D eigenvalue weighted by Gasteiger charge is 2.37. The van der Waals surface area contributed by atoms with Crippen molar-refractivity contribution in [3.05, 3.63) is 59.9 Å². The van der Waals surface area contributed by atoms with Crippen LogP contribution in [0.3, 0.4) is 0 Å². The number of amides is 1. The van der Waals surface area contributed by atoms with Gasteiger partial charge in [0, 0.05) is 38.8 Å². The van der Waals surface area contributed by atoms with Gasteiger partial charge in [0.25, 0.3) is 6.01 Å². The van der Waals surface area contributed by atoms with Crippen LogP contribution in [0.4, 0.5) is 15.2 Å². The third-order valence-corrected chi connectivity index (χ3v) is 6.79. The summed E-state index contributed by atoms with van der Waals surface area (Å²) in [6.07, 6.45) is 1.39. The zero-order valence-electron chi connectivity index (χ0n) is 19.7. The van der Waals surface area contributed by atoms with E-state index in [1.165, 1.54) is 17.7 Å². The second-order valence-corrected chi connectivity index (χ2v) is 9.46. The van der Waals surface area contributed by atoms with Gasteiger partial charge in [0.1, 0.15) is 17.4 Å². The number of likely N-dealkylation sites (tertiary alicyclic amines) is 1. The highest BCUT2D eigenvalue weighted by atomic mass is 19.1. The molecule has 2 aromatic carbocycles. The molecule has 34 heavy (non-hydrogen) atoms. The largest absolute Gasteiger partial charge is 0.446 e. The van der Waals surface area contributed by atoms with Gasteiger partial charge in [0.15, 0.2) is 5.58 Å². The minimum atomic E-state index is -0.351. The number of aromatic nitrogens is 1. The Kier molecular flexibility index (Phi) is 6.41. The Morgan fingerprint density at radius 2 is 1.79 bits per heavy atom. The lowest BCUT2D eigenvalue weighted by Gasteiger charge is -2.43. The normalized spacial score (nSPS) is 22.3. The molecule has 0 saturated carbocycles. The Balaban J connectivity index is 1.15. The number of hydrogen-bond acceptors (Lipinski definition) is 6. The summed E-state index contributed by atoms with van der Waals surface area (Å²) in [4.78, 5) is 23.8. The van der Waals surface area contributed by atoms with Gasteiger partial charge >= 0.3 is 6.09 Å². The SMILES string of the molecule is C[C@@H]1CN(c2nc3ccc(F)cc3o2)C[C@H](C)N1C(=O)OC1CCN(Cc2ccccc2)CC1. The Labute approximate surface area is 199 Å². The molecule has 2 fully saturated rings. The average Bonchev–Trinajstić information content (AvgIpc) is 3.24. The van der Waals surface area contributed by atoms with Crippen LogP contribution in [0.15, 0.2) is 52.9 Å². The molecule has 0 N–H and O–H groups in total. The van der Waals surface area contributed by atoms with Crippen molar-refractivity contribution >= 4 is 23.2 Å². The number of carbonyl (C=O) groups excluding carboxylic acids is 1. The van der Waals surface area contributed by atoms with Crippen LogP contribution in [0, 0.1) is 5.82 Å². The zero-order chi connectivity index (χ0) is 23.7. The van der Waals surface area contributed by atoms with E-state index in [0.717, 1.165) is 32.5 Å². The van der Waals surface area contributed by atoms with E-state index in [1.807, 2.05) is 29.7 Å². The van der Waals surface area contributed by atoms with Crippen LogP contribution < -0.4 is 4.90 Å². The number of hydrogen-bond donors (Lipinski definition) is 0. The molecular weight excluding hydrogens is 435 g/mol. The molecule has 7 nitrogen and oxygen atoms in total. The van der Waals surface area contributed by atoms with Crippen LogP contribution in [0.1, 0.15) is 32.3 Å². The number of oxazole rings is 1. The Morgan fingerprint density at radius 1 is 1.09 bits per heavy atom. The molecule has 3 aromatic rings. The molecule has 0 spiro atoms. The predicted octanol–water partition coefficient (Wildman–Crippen LogP) is 4.67. The van der Waals surface area contributed by atoms with Crippen molar-refractivity contribution in [1.29, 1.82) is 0 Å². The van der Waals surface area contributed by atoms with E-state index in [0.29, 0.717) is 30.2 Å². The van der Waals surface area contributed by atoms with Gasteiger partial charge in [-0.25, -0.2) is 9.18 Å². The van der Waals surface area contributed by atoms with Crippen molar-refractivity contribution in [2.75, 3.05) is 31.1 Å². The summed E-state index contributed by atoms with van der Waals surface area (Å²) in [7, 11) is 0. The van der Waals surface area contributed by atoms with E-state index < -0.39 is 0 Å². The molecule has 8 heteroatoms. The lowest BCUT2D eigenvalue weighted by Crippen LogP contribution is -2.59. The van der Waals surface area contributed by atoms with E-state index in [4.69, 9.17) is 9.15 Å². The number of anilines is 1. The highest BCUT2D eigenvalue weighted by molar-refractivity contribution is 5.74. The number of rotatable bonds is 4. The fourth-order valence-electron chi connectivity index (χ4n) is 5.09. The third kappa shape index (κ3) is 4.87. The van der Waals surface area contributed by atoms with Gasteiger partial charge in [-0.3, -0.25) is 9.80 Å². The molecule has 0 aliphatic carbocycles. The smallest absolute Gasteiger partial charge is 0.410 e. The van der Waals surface area contributed by atoms with Crippen LogP contribution >= 0.6 is 0 Å². The molecule has 1 amide bonds. The lowest BCUT2D eigenvalue weighted by molar-refractivity contribution is 0.00975. The molecule has 0 bridgehead atoms. The number of halogens is 1. The van der Waals surface area contributed by atoms with Crippen LogP contribution in [-0.2, 0) is 11.3 Å². The van der Waals surface area contributed by atoms with Crippen LogP contribution in [0.2, 0.25) is 0 Å². The van der Waals surface area contributed by atoms with Crippen LogP contribution in [0.25, 0.3) is 11.1 Å². The van der Waals surface area contributed by atoms with Gasteiger partial charge in [0.2, 0.25) is 0 Å². The summed E-state index contributed by atoms with van der Waals surface area (Å²) in [5.41, 5.74) is 2.36. The van der Waals surface area contributed by atoms with E-state index >= 15 is 0 Å². The van der Waals surface area contributed by atoms with Crippen molar-refractivity contribution < 1.29 is 18.3 Å². The van der Waals surface area contributed by atoms with Gasteiger partial charge in [-0.2, -0.15) is 4.98 Å². The van der Waals surface area contributed by atoms with Gasteiger partial charge in [-0.1, -0.05) is 30.3 Å². The van der Waals surface area contributed by atoms with Crippen molar-refractivity contribution in [3.63, 3.8) is 0 Å². The predicted molar refractivity (Wildman–Crippen MR) is 128 cm³/mol.